The third kappa shape index (κ3) is 4.37. The van der Waals surface area contributed by atoms with E-state index in [0.29, 0.717) is 5.95 Å². The van der Waals surface area contributed by atoms with E-state index in [4.69, 9.17) is 0 Å². The number of hydrogen-bond donors (Lipinski definition) is 1. The molecule has 3 heterocycles. The molecule has 0 atom stereocenters. The summed E-state index contributed by atoms with van der Waals surface area (Å²) in [5.74, 6) is 0.704. The molecule has 150 valence electrons. The third-order valence-corrected chi connectivity index (χ3v) is 6.08. The first-order valence-corrected chi connectivity index (χ1v) is 10.5. The van der Waals surface area contributed by atoms with Crippen LogP contribution in [0.25, 0.3) is 10.6 Å². The summed E-state index contributed by atoms with van der Waals surface area (Å²) in [5.41, 5.74) is 3.93. The molecule has 0 unspecified atom stereocenters. The summed E-state index contributed by atoms with van der Waals surface area (Å²) < 4.78 is 0. The lowest BCUT2D eigenvalue weighted by Crippen LogP contribution is -2.48. The molecule has 0 radical (unpaired) electrons. The van der Waals surface area contributed by atoms with E-state index in [1.165, 1.54) is 0 Å². The molecule has 3 aromatic rings. The molecule has 2 aromatic heterocycles. The number of hydrogen-bond acceptors (Lipinski definition) is 7. The first-order chi connectivity index (χ1) is 14.0. The second kappa shape index (κ2) is 8.16. The lowest BCUT2D eigenvalue weighted by Gasteiger charge is -2.35. The number of benzene rings is 1. The summed E-state index contributed by atoms with van der Waals surface area (Å²) in [6, 6.07) is 10.1. The minimum absolute atomic E-state index is 0.142. The Labute approximate surface area is 174 Å². The number of nitrogens with one attached hydrogen (secondary N) is 1. The molecule has 1 aliphatic rings. The van der Waals surface area contributed by atoms with Crippen LogP contribution in [0.3, 0.4) is 0 Å². The van der Waals surface area contributed by atoms with E-state index in [9.17, 15) is 4.79 Å². The molecular formula is C21H24N6OS. The van der Waals surface area contributed by atoms with Crippen LogP contribution in [0.4, 0.5) is 17.3 Å². The fraction of sp³-hybridized carbons (Fsp3) is 0.333. The van der Waals surface area contributed by atoms with Crippen molar-refractivity contribution >= 4 is 34.6 Å². The molecule has 1 N–H and O–H groups in total. The summed E-state index contributed by atoms with van der Waals surface area (Å²) in [7, 11) is 0. The summed E-state index contributed by atoms with van der Waals surface area (Å²) in [6.45, 7) is 8.81. The smallest absolute Gasteiger partial charge is 0.227 e. The summed E-state index contributed by atoms with van der Waals surface area (Å²) in [6.07, 6.45) is 1.77. The summed E-state index contributed by atoms with van der Waals surface area (Å²) in [4.78, 5) is 30.3. The van der Waals surface area contributed by atoms with Gasteiger partial charge < -0.3 is 15.1 Å². The summed E-state index contributed by atoms with van der Waals surface area (Å²) >= 11 is 1.64. The number of rotatable bonds is 4. The van der Waals surface area contributed by atoms with Crippen LogP contribution in [0, 0.1) is 13.8 Å². The van der Waals surface area contributed by atoms with Crippen LogP contribution in [0.1, 0.15) is 17.6 Å². The lowest BCUT2D eigenvalue weighted by molar-refractivity contribution is -0.129. The number of aromatic nitrogens is 3. The molecule has 0 bridgehead atoms. The number of carbonyl (C=O) groups is 1. The summed E-state index contributed by atoms with van der Waals surface area (Å²) in [5, 5.41) is 4.35. The Morgan fingerprint density at radius 2 is 1.90 bits per heavy atom. The maximum Gasteiger partial charge on any atom is 0.227 e. The van der Waals surface area contributed by atoms with Crippen molar-refractivity contribution in [2.45, 2.75) is 20.8 Å². The number of piperazine rings is 1. The van der Waals surface area contributed by atoms with Crippen LogP contribution in [-0.2, 0) is 4.79 Å². The molecule has 7 nitrogen and oxygen atoms in total. The van der Waals surface area contributed by atoms with Gasteiger partial charge in [-0.25, -0.2) is 15.0 Å². The van der Waals surface area contributed by atoms with Crippen molar-refractivity contribution in [3.05, 3.63) is 47.2 Å². The molecule has 0 saturated carbocycles. The second-order valence-corrected chi connectivity index (χ2v) is 8.28. The van der Waals surface area contributed by atoms with Crippen LogP contribution in [-0.4, -0.2) is 51.9 Å². The number of anilines is 3. The fourth-order valence-electron chi connectivity index (χ4n) is 3.50. The zero-order valence-electron chi connectivity index (χ0n) is 16.8. The Hall–Kier alpha value is -3.00. The predicted molar refractivity (Wildman–Crippen MR) is 117 cm³/mol. The van der Waals surface area contributed by atoms with Gasteiger partial charge in [0.25, 0.3) is 0 Å². The van der Waals surface area contributed by atoms with Gasteiger partial charge in [0, 0.05) is 50.7 Å². The first-order valence-electron chi connectivity index (χ1n) is 9.64. The zero-order chi connectivity index (χ0) is 20.4. The van der Waals surface area contributed by atoms with Gasteiger partial charge >= 0.3 is 0 Å². The van der Waals surface area contributed by atoms with Gasteiger partial charge in [0.2, 0.25) is 11.9 Å². The SMILES string of the molecule is CC(=O)N1CCN(c2cccc(Nc3nccc(-c4sc(C)nc4C)n3)c2)CC1. The molecule has 8 heteroatoms. The lowest BCUT2D eigenvalue weighted by atomic mass is 10.2. The van der Waals surface area contributed by atoms with Crippen LogP contribution >= 0.6 is 11.3 Å². The van der Waals surface area contributed by atoms with E-state index in [1.54, 1.807) is 24.5 Å². The number of thiazole rings is 1. The van der Waals surface area contributed by atoms with Gasteiger partial charge in [-0.15, -0.1) is 11.3 Å². The average molecular weight is 409 g/mol. The van der Waals surface area contributed by atoms with Gasteiger partial charge in [-0.1, -0.05) is 6.07 Å². The maximum atomic E-state index is 11.5. The van der Waals surface area contributed by atoms with Crippen molar-refractivity contribution in [2.75, 3.05) is 36.4 Å². The number of aryl methyl sites for hydroxylation is 2. The molecule has 1 fully saturated rings. The van der Waals surface area contributed by atoms with E-state index in [-0.39, 0.29) is 5.91 Å². The number of carbonyl (C=O) groups excluding carboxylic acids is 1. The molecule has 29 heavy (non-hydrogen) atoms. The molecule has 0 spiro atoms. The Bertz CT molecular complexity index is 1030. The zero-order valence-corrected chi connectivity index (χ0v) is 17.7. The molecule has 0 aliphatic carbocycles. The minimum Gasteiger partial charge on any atom is -0.368 e. The van der Waals surface area contributed by atoms with E-state index in [0.717, 1.165) is 58.8 Å². The minimum atomic E-state index is 0.142. The Morgan fingerprint density at radius 3 is 2.59 bits per heavy atom. The monoisotopic (exact) mass is 408 g/mol. The van der Waals surface area contributed by atoms with Crippen molar-refractivity contribution in [3.63, 3.8) is 0 Å². The van der Waals surface area contributed by atoms with Gasteiger partial charge in [-0.3, -0.25) is 4.79 Å². The van der Waals surface area contributed by atoms with E-state index >= 15 is 0 Å². The van der Waals surface area contributed by atoms with Gasteiger partial charge in [0.05, 0.1) is 21.3 Å². The van der Waals surface area contributed by atoms with Crippen molar-refractivity contribution in [1.29, 1.82) is 0 Å². The van der Waals surface area contributed by atoms with E-state index < -0.39 is 0 Å². The van der Waals surface area contributed by atoms with Crippen molar-refractivity contribution < 1.29 is 4.79 Å². The largest absolute Gasteiger partial charge is 0.368 e. The average Bonchev–Trinajstić information content (AvgIpc) is 3.06. The van der Waals surface area contributed by atoms with Crippen molar-refractivity contribution in [3.8, 4) is 10.6 Å². The molecule has 1 aromatic carbocycles. The number of nitrogens with zero attached hydrogens (tertiary/aromatic N) is 5. The molecule has 4 rings (SSSR count). The maximum absolute atomic E-state index is 11.5. The highest BCUT2D eigenvalue weighted by molar-refractivity contribution is 7.15. The first kappa shape index (κ1) is 19.3. The molecular weight excluding hydrogens is 384 g/mol. The van der Waals surface area contributed by atoms with Crippen LogP contribution < -0.4 is 10.2 Å². The number of amides is 1. The van der Waals surface area contributed by atoms with Crippen molar-refractivity contribution in [2.24, 2.45) is 0 Å². The van der Waals surface area contributed by atoms with E-state index in [1.807, 2.05) is 36.9 Å². The highest BCUT2D eigenvalue weighted by Crippen LogP contribution is 2.29. The fourth-order valence-corrected chi connectivity index (χ4v) is 4.39. The normalized spacial score (nSPS) is 14.2. The topological polar surface area (TPSA) is 74.2 Å². The predicted octanol–water partition coefficient (Wildman–Crippen LogP) is 3.63. The quantitative estimate of drug-likeness (QED) is 0.711. The van der Waals surface area contributed by atoms with Gasteiger partial charge in [0.1, 0.15) is 0 Å². The molecule has 1 aliphatic heterocycles. The third-order valence-electron chi connectivity index (χ3n) is 4.98. The Kier molecular flexibility index (Phi) is 5.44. The van der Waals surface area contributed by atoms with Gasteiger partial charge in [0.15, 0.2) is 0 Å². The highest BCUT2D eigenvalue weighted by atomic mass is 32.1. The van der Waals surface area contributed by atoms with E-state index in [2.05, 4.69) is 37.3 Å². The highest BCUT2D eigenvalue weighted by Gasteiger charge is 2.19. The Morgan fingerprint density at radius 1 is 1.10 bits per heavy atom. The van der Waals surface area contributed by atoms with Gasteiger partial charge in [-0.2, -0.15) is 0 Å². The van der Waals surface area contributed by atoms with Crippen molar-refractivity contribution in [1.82, 2.24) is 19.9 Å². The molecule has 1 saturated heterocycles. The van der Waals surface area contributed by atoms with Crippen LogP contribution in [0.5, 0.6) is 0 Å². The second-order valence-electron chi connectivity index (χ2n) is 7.08. The molecule has 1 amide bonds. The van der Waals surface area contributed by atoms with Crippen LogP contribution in [0.15, 0.2) is 36.5 Å². The Balaban J connectivity index is 1.49. The van der Waals surface area contributed by atoms with Crippen LogP contribution in [0.2, 0.25) is 0 Å². The van der Waals surface area contributed by atoms with Gasteiger partial charge in [-0.05, 0) is 38.1 Å². The standard InChI is InChI=1S/C21H24N6OS/c1-14-20(29-15(2)23-14)19-7-8-22-21(25-19)24-17-5-4-6-18(13-17)27-11-9-26(10-12-27)16(3)28/h4-8,13H,9-12H2,1-3H3,(H,22,24,25).